The number of nitrogens with zero attached hydrogens (tertiary/aromatic N) is 3. The lowest BCUT2D eigenvalue weighted by Crippen LogP contribution is -2.29. The van der Waals surface area contributed by atoms with Gasteiger partial charge in [0.2, 0.25) is 0 Å². The number of hydrogen-bond acceptors (Lipinski definition) is 6. The van der Waals surface area contributed by atoms with Crippen LogP contribution in [0.1, 0.15) is 36.9 Å². The number of methoxy groups -OCH3 is 1. The Morgan fingerprint density at radius 1 is 1.25 bits per heavy atom. The fourth-order valence-corrected chi connectivity index (χ4v) is 2.94. The van der Waals surface area contributed by atoms with Gasteiger partial charge in [0.05, 0.1) is 13.3 Å². The van der Waals surface area contributed by atoms with Gasteiger partial charge in [0.15, 0.2) is 5.13 Å². The van der Waals surface area contributed by atoms with E-state index in [0.717, 1.165) is 44.3 Å². The third kappa shape index (κ3) is 4.76. The van der Waals surface area contributed by atoms with Crippen molar-refractivity contribution >= 4 is 22.4 Å². The van der Waals surface area contributed by atoms with E-state index in [2.05, 4.69) is 35.6 Å². The topological polar surface area (TPSA) is 45.7 Å². The molecule has 0 saturated carbocycles. The quantitative estimate of drug-likeness (QED) is 0.656. The third-order valence-corrected chi connectivity index (χ3v) is 4.37. The van der Waals surface area contributed by atoms with Gasteiger partial charge in [-0.25, -0.2) is 9.78 Å². The van der Waals surface area contributed by atoms with Crippen molar-refractivity contribution in [2.45, 2.75) is 27.2 Å². The average Bonchev–Trinajstić information content (AvgIpc) is 2.96. The van der Waals surface area contributed by atoms with Gasteiger partial charge in [-0.15, -0.1) is 0 Å². The summed E-state index contributed by atoms with van der Waals surface area (Å²) in [5.41, 5.74) is 0. The first-order valence-corrected chi connectivity index (χ1v) is 7.99. The molecule has 1 rings (SSSR count). The van der Waals surface area contributed by atoms with Crippen molar-refractivity contribution in [1.82, 2.24) is 9.88 Å². The monoisotopic (exact) mass is 299 g/mol. The molecule has 1 aromatic rings. The van der Waals surface area contributed by atoms with E-state index in [1.165, 1.54) is 18.4 Å². The lowest BCUT2D eigenvalue weighted by Gasteiger charge is -2.23. The predicted octanol–water partition coefficient (Wildman–Crippen LogP) is 2.49. The molecule has 0 unspecified atom stereocenters. The van der Waals surface area contributed by atoms with Crippen LogP contribution >= 0.6 is 11.3 Å². The van der Waals surface area contributed by atoms with Crippen molar-refractivity contribution in [1.29, 1.82) is 0 Å². The number of ether oxygens (including phenoxy) is 1. The van der Waals surface area contributed by atoms with Crippen LogP contribution in [0.5, 0.6) is 0 Å². The molecule has 0 atom stereocenters. The van der Waals surface area contributed by atoms with Crippen LogP contribution in [0.3, 0.4) is 0 Å². The Labute approximate surface area is 125 Å². The van der Waals surface area contributed by atoms with Crippen LogP contribution in [0, 0.1) is 0 Å². The van der Waals surface area contributed by atoms with E-state index >= 15 is 0 Å². The molecule has 0 amide bonds. The minimum atomic E-state index is -0.312. The lowest BCUT2D eigenvalue weighted by atomic mass is 10.3. The number of rotatable bonds is 9. The smallest absolute Gasteiger partial charge is 0.349 e. The summed E-state index contributed by atoms with van der Waals surface area (Å²) < 4.78 is 4.71. The normalized spacial score (nSPS) is 10.8. The summed E-state index contributed by atoms with van der Waals surface area (Å²) in [4.78, 5) is 20.9. The minimum Gasteiger partial charge on any atom is -0.465 e. The molecule has 1 heterocycles. The van der Waals surface area contributed by atoms with E-state index in [1.54, 1.807) is 6.20 Å². The highest BCUT2D eigenvalue weighted by atomic mass is 32.1. The first-order valence-electron chi connectivity index (χ1n) is 7.17. The Morgan fingerprint density at radius 2 is 1.95 bits per heavy atom. The Hall–Kier alpha value is -1.14. The summed E-state index contributed by atoms with van der Waals surface area (Å²) in [5, 5.41) is 0.896. The van der Waals surface area contributed by atoms with E-state index in [0.29, 0.717) is 4.88 Å². The Morgan fingerprint density at radius 3 is 2.50 bits per heavy atom. The van der Waals surface area contributed by atoms with Crippen molar-refractivity contribution in [3.8, 4) is 0 Å². The number of carbonyl (C=O) groups excluding carboxylic acids is 1. The molecule has 0 aliphatic carbocycles. The van der Waals surface area contributed by atoms with Gasteiger partial charge >= 0.3 is 5.97 Å². The van der Waals surface area contributed by atoms with Crippen LogP contribution in [-0.4, -0.2) is 55.7 Å². The molecule has 114 valence electrons. The second kappa shape index (κ2) is 8.92. The van der Waals surface area contributed by atoms with Crippen molar-refractivity contribution in [3.63, 3.8) is 0 Å². The van der Waals surface area contributed by atoms with Crippen LogP contribution < -0.4 is 4.90 Å². The summed E-state index contributed by atoms with van der Waals surface area (Å²) in [6, 6.07) is 0. The van der Waals surface area contributed by atoms with Crippen LogP contribution in [0.25, 0.3) is 0 Å². The average molecular weight is 299 g/mol. The fraction of sp³-hybridized carbons (Fsp3) is 0.714. The van der Waals surface area contributed by atoms with Crippen molar-refractivity contribution in [2.24, 2.45) is 0 Å². The van der Waals surface area contributed by atoms with Crippen LogP contribution in [0.15, 0.2) is 6.20 Å². The molecule has 0 saturated heterocycles. The SMILES string of the molecule is CCN(CC)CCCN(CC)c1ncc(C(=O)OC)s1. The summed E-state index contributed by atoms with van der Waals surface area (Å²) in [5.74, 6) is -0.312. The first kappa shape index (κ1) is 16.9. The lowest BCUT2D eigenvalue weighted by molar-refractivity contribution is 0.0606. The van der Waals surface area contributed by atoms with Crippen LogP contribution in [-0.2, 0) is 4.74 Å². The zero-order chi connectivity index (χ0) is 15.0. The summed E-state index contributed by atoms with van der Waals surface area (Å²) >= 11 is 1.40. The first-order chi connectivity index (χ1) is 9.65. The Balaban J connectivity index is 2.53. The van der Waals surface area contributed by atoms with Gasteiger partial charge in [0.25, 0.3) is 0 Å². The predicted molar refractivity (Wildman–Crippen MR) is 83.7 cm³/mol. The number of thiazole rings is 1. The maximum Gasteiger partial charge on any atom is 0.349 e. The van der Waals surface area contributed by atoms with Gasteiger partial charge in [-0.3, -0.25) is 0 Å². The Kier molecular flexibility index (Phi) is 7.54. The second-order valence-electron chi connectivity index (χ2n) is 4.46. The van der Waals surface area contributed by atoms with Crippen LogP contribution in [0.4, 0.5) is 5.13 Å². The van der Waals surface area contributed by atoms with Gasteiger partial charge in [-0.2, -0.15) is 0 Å². The molecular weight excluding hydrogens is 274 g/mol. The summed E-state index contributed by atoms with van der Waals surface area (Å²) in [7, 11) is 1.39. The molecule has 0 bridgehead atoms. The van der Waals surface area contributed by atoms with E-state index in [9.17, 15) is 4.79 Å². The third-order valence-electron chi connectivity index (χ3n) is 3.33. The van der Waals surface area contributed by atoms with E-state index in [1.807, 2.05) is 0 Å². The largest absolute Gasteiger partial charge is 0.465 e. The fourth-order valence-electron chi connectivity index (χ4n) is 2.02. The molecule has 5 nitrogen and oxygen atoms in total. The number of anilines is 1. The number of hydrogen-bond donors (Lipinski definition) is 0. The van der Waals surface area contributed by atoms with Crippen molar-refractivity contribution in [2.75, 3.05) is 44.7 Å². The van der Waals surface area contributed by atoms with E-state index in [-0.39, 0.29) is 5.97 Å². The van der Waals surface area contributed by atoms with Gasteiger partial charge in [-0.05, 0) is 33.0 Å². The van der Waals surface area contributed by atoms with E-state index < -0.39 is 0 Å². The Bertz CT molecular complexity index is 405. The molecule has 0 aromatic carbocycles. The van der Waals surface area contributed by atoms with Crippen molar-refractivity contribution in [3.05, 3.63) is 11.1 Å². The molecule has 1 aromatic heterocycles. The highest BCUT2D eigenvalue weighted by molar-refractivity contribution is 7.17. The molecular formula is C14H25N3O2S. The highest BCUT2D eigenvalue weighted by Crippen LogP contribution is 2.23. The minimum absolute atomic E-state index is 0.312. The highest BCUT2D eigenvalue weighted by Gasteiger charge is 2.14. The zero-order valence-corrected chi connectivity index (χ0v) is 13.7. The van der Waals surface area contributed by atoms with E-state index in [4.69, 9.17) is 4.74 Å². The maximum absolute atomic E-state index is 11.4. The standard InChI is InChI=1S/C14H25N3O2S/c1-5-16(6-2)9-8-10-17(7-3)14-15-11-12(20-14)13(18)19-4/h11H,5-10H2,1-4H3. The number of carbonyl (C=O) groups is 1. The maximum atomic E-state index is 11.4. The summed E-state index contributed by atoms with van der Waals surface area (Å²) in [6.45, 7) is 11.6. The summed E-state index contributed by atoms with van der Waals surface area (Å²) in [6.07, 6.45) is 2.70. The number of aromatic nitrogens is 1. The van der Waals surface area contributed by atoms with Crippen molar-refractivity contribution < 1.29 is 9.53 Å². The molecule has 0 N–H and O–H groups in total. The van der Waals surface area contributed by atoms with Gasteiger partial charge in [0, 0.05) is 13.1 Å². The second-order valence-corrected chi connectivity index (χ2v) is 5.47. The molecule has 0 fully saturated rings. The molecule has 0 aliphatic rings. The zero-order valence-electron chi connectivity index (χ0n) is 12.9. The molecule has 0 aliphatic heterocycles. The molecule has 0 radical (unpaired) electrons. The van der Waals surface area contributed by atoms with Crippen LogP contribution in [0.2, 0.25) is 0 Å². The molecule has 20 heavy (non-hydrogen) atoms. The number of esters is 1. The molecule has 6 heteroatoms. The van der Waals surface area contributed by atoms with Gasteiger partial charge in [0.1, 0.15) is 4.88 Å². The van der Waals surface area contributed by atoms with Gasteiger partial charge in [-0.1, -0.05) is 25.2 Å². The van der Waals surface area contributed by atoms with Gasteiger partial charge < -0.3 is 14.5 Å². The molecule has 0 spiro atoms.